The molecule has 1 aliphatic rings. The van der Waals surface area contributed by atoms with Crippen LogP contribution in [0.2, 0.25) is 0 Å². The molecule has 0 aromatic heterocycles. The molecule has 1 aromatic rings. The number of halogens is 1. The van der Waals surface area contributed by atoms with Crippen molar-refractivity contribution in [2.45, 2.75) is 25.4 Å². The van der Waals surface area contributed by atoms with Crippen LogP contribution < -0.4 is 10.6 Å². The summed E-state index contributed by atoms with van der Waals surface area (Å²) >= 11 is 3.59. The monoisotopic (exact) mass is 311 g/mol. The molecule has 2 N–H and O–H groups in total. The minimum absolute atomic E-state index is 0.582. The molecular formula is C14H22BrN3. The zero-order valence-electron chi connectivity index (χ0n) is 11.2. The average molecular weight is 312 g/mol. The van der Waals surface area contributed by atoms with Crippen LogP contribution in [0.15, 0.2) is 22.7 Å². The SMILES string of the molecule is CN1CCC(N(C)c2ccc(CN)c(Br)c2)CC1. The lowest BCUT2D eigenvalue weighted by Crippen LogP contribution is -2.42. The third-order valence-electron chi connectivity index (χ3n) is 3.90. The molecule has 3 nitrogen and oxygen atoms in total. The van der Waals surface area contributed by atoms with Crippen molar-refractivity contribution in [2.75, 3.05) is 32.1 Å². The van der Waals surface area contributed by atoms with E-state index in [1.165, 1.54) is 31.6 Å². The van der Waals surface area contributed by atoms with Crippen LogP contribution in [0.3, 0.4) is 0 Å². The van der Waals surface area contributed by atoms with Crippen LogP contribution in [0.1, 0.15) is 18.4 Å². The van der Waals surface area contributed by atoms with E-state index < -0.39 is 0 Å². The molecule has 4 heteroatoms. The second-order valence-corrected chi connectivity index (χ2v) is 5.98. The van der Waals surface area contributed by atoms with Gasteiger partial charge in [-0.05, 0) is 50.7 Å². The molecule has 0 atom stereocenters. The summed E-state index contributed by atoms with van der Waals surface area (Å²) in [5, 5.41) is 0. The van der Waals surface area contributed by atoms with Gasteiger partial charge in [0.2, 0.25) is 0 Å². The van der Waals surface area contributed by atoms with Gasteiger partial charge in [0, 0.05) is 29.8 Å². The van der Waals surface area contributed by atoms with E-state index in [-0.39, 0.29) is 0 Å². The van der Waals surface area contributed by atoms with Crippen LogP contribution in [0.4, 0.5) is 5.69 Å². The molecule has 0 unspecified atom stereocenters. The van der Waals surface area contributed by atoms with Crippen LogP contribution in [-0.2, 0) is 6.54 Å². The van der Waals surface area contributed by atoms with Crippen molar-refractivity contribution < 1.29 is 0 Å². The Balaban J connectivity index is 2.08. The van der Waals surface area contributed by atoms with Crippen molar-refractivity contribution >= 4 is 21.6 Å². The molecule has 100 valence electrons. The topological polar surface area (TPSA) is 32.5 Å². The van der Waals surface area contributed by atoms with E-state index in [2.05, 4.69) is 58.0 Å². The molecule has 0 radical (unpaired) electrons. The molecule has 0 aliphatic carbocycles. The third kappa shape index (κ3) is 3.05. The van der Waals surface area contributed by atoms with E-state index in [4.69, 9.17) is 5.73 Å². The molecule has 0 amide bonds. The van der Waals surface area contributed by atoms with Crippen molar-refractivity contribution in [1.82, 2.24) is 4.90 Å². The van der Waals surface area contributed by atoms with E-state index in [1.54, 1.807) is 0 Å². The number of benzene rings is 1. The first-order valence-electron chi connectivity index (χ1n) is 6.51. The van der Waals surface area contributed by atoms with Gasteiger partial charge in [0.1, 0.15) is 0 Å². The Hall–Kier alpha value is -0.580. The Bertz CT molecular complexity index is 400. The Labute approximate surface area is 118 Å². The Kier molecular flexibility index (Phi) is 4.65. The second kappa shape index (κ2) is 6.04. The summed E-state index contributed by atoms with van der Waals surface area (Å²) < 4.78 is 1.11. The van der Waals surface area contributed by atoms with E-state index in [0.717, 1.165) is 10.0 Å². The first-order valence-corrected chi connectivity index (χ1v) is 7.31. The molecular weight excluding hydrogens is 290 g/mol. The molecule has 1 fully saturated rings. The lowest BCUT2D eigenvalue weighted by Gasteiger charge is -2.36. The summed E-state index contributed by atoms with van der Waals surface area (Å²) in [6, 6.07) is 7.12. The largest absolute Gasteiger partial charge is 0.371 e. The van der Waals surface area contributed by atoms with E-state index in [1.807, 2.05) is 0 Å². The maximum Gasteiger partial charge on any atom is 0.0377 e. The second-order valence-electron chi connectivity index (χ2n) is 5.13. The lowest BCUT2D eigenvalue weighted by atomic mass is 10.0. The molecule has 0 bridgehead atoms. The van der Waals surface area contributed by atoms with Gasteiger partial charge in [-0.15, -0.1) is 0 Å². The zero-order chi connectivity index (χ0) is 13.1. The molecule has 1 heterocycles. The predicted octanol–water partition coefficient (Wildman–Crippen LogP) is 2.44. The van der Waals surface area contributed by atoms with Crippen LogP contribution >= 0.6 is 15.9 Å². The first-order chi connectivity index (χ1) is 8.61. The number of likely N-dealkylation sites (tertiary alicyclic amines) is 1. The van der Waals surface area contributed by atoms with Crippen LogP contribution in [0.25, 0.3) is 0 Å². The van der Waals surface area contributed by atoms with Gasteiger partial charge in [0.25, 0.3) is 0 Å². The molecule has 2 rings (SSSR count). The summed E-state index contributed by atoms with van der Waals surface area (Å²) in [6.07, 6.45) is 2.48. The summed E-state index contributed by atoms with van der Waals surface area (Å²) in [7, 11) is 4.39. The number of hydrogen-bond donors (Lipinski definition) is 1. The minimum atomic E-state index is 0.582. The van der Waals surface area contributed by atoms with Gasteiger partial charge in [-0.1, -0.05) is 22.0 Å². The average Bonchev–Trinajstić information content (AvgIpc) is 2.38. The molecule has 0 spiro atoms. The standard InChI is InChI=1S/C14H22BrN3/c1-17-7-5-12(6-8-17)18(2)13-4-3-11(10-16)14(15)9-13/h3-4,9,12H,5-8,10,16H2,1-2H3. The van der Waals surface area contributed by atoms with Crippen molar-refractivity contribution in [3.63, 3.8) is 0 Å². The fourth-order valence-electron chi connectivity index (χ4n) is 2.51. The van der Waals surface area contributed by atoms with Gasteiger partial charge in [-0.3, -0.25) is 0 Å². The number of rotatable bonds is 3. The molecule has 1 aliphatic heterocycles. The lowest BCUT2D eigenvalue weighted by molar-refractivity contribution is 0.253. The number of hydrogen-bond acceptors (Lipinski definition) is 3. The highest BCUT2D eigenvalue weighted by Gasteiger charge is 2.21. The number of anilines is 1. The number of piperidine rings is 1. The number of nitrogens with two attached hydrogens (primary N) is 1. The highest BCUT2D eigenvalue weighted by atomic mass is 79.9. The Morgan fingerprint density at radius 2 is 2.06 bits per heavy atom. The van der Waals surface area contributed by atoms with Gasteiger partial charge in [-0.2, -0.15) is 0 Å². The fourth-order valence-corrected chi connectivity index (χ4v) is 3.04. The minimum Gasteiger partial charge on any atom is -0.371 e. The molecule has 18 heavy (non-hydrogen) atoms. The summed E-state index contributed by atoms with van der Waals surface area (Å²) in [6.45, 7) is 2.97. The molecule has 1 aromatic carbocycles. The van der Waals surface area contributed by atoms with Gasteiger partial charge in [0.15, 0.2) is 0 Å². The summed E-state index contributed by atoms with van der Waals surface area (Å²) in [5.41, 5.74) is 8.12. The van der Waals surface area contributed by atoms with Gasteiger partial charge in [-0.25, -0.2) is 0 Å². The van der Waals surface area contributed by atoms with Crippen LogP contribution in [0, 0.1) is 0 Å². The molecule has 0 saturated carbocycles. The Morgan fingerprint density at radius 3 is 2.61 bits per heavy atom. The van der Waals surface area contributed by atoms with E-state index in [9.17, 15) is 0 Å². The smallest absolute Gasteiger partial charge is 0.0377 e. The highest BCUT2D eigenvalue weighted by molar-refractivity contribution is 9.10. The van der Waals surface area contributed by atoms with Gasteiger partial charge >= 0.3 is 0 Å². The van der Waals surface area contributed by atoms with Crippen LogP contribution in [0.5, 0.6) is 0 Å². The highest BCUT2D eigenvalue weighted by Crippen LogP contribution is 2.26. The first kappa shape index (κ1) is 13.8. The van der Waals surface area contributed by atoms with Gasteiger partial charge in [0.05, 0.1) is 0 Å². The summed E-state index contributed by atoms with van der Waals surface area (Å²) in [5.74, 6) is 0. The quantitative estimate of drug-likeness (QED) is 0.930. The van der Waals surface area contributed by atoms with Crippen molar-refractivity contribution in [1.29, 1.82) is 0 Å². The third-order valence-corrected chi connectivity index (χ3v) is 4.64. The predicted molar refractivity (Wildman–Crippen MR) is 81.0 cm³/mol. The summed E-state index contributed by atoms with van der Waals surface area (Å²) in [4.78, 5) is 4.80. The van der Waals surface area contributed by atoms with E-state index in [0.29, 0.717) is 12.6 Å². The molecule has 1 saturated heterocycles. The van der Waals surface area contributed by atoms with Crippen molar-refractivity contribution in [2.24, 2.45) is 5.73 Å². The van der Waals surface area contributed by atoms with E-state index >= 15 is 0 Å². The zero-order valence-corrected chi connectivity index (χ0v) is 12.8. The maximum atomic E-state index is 5.69. The number of nitrogens with zero attached hydrogens (tertiary/aromatic N) is 2. The van der Waals surface area contributed by atoms with Crippen molar-refractivity contribution in [3.8, 4) is 0 Å². The van der Waals surface area contributed by atoms with Crippen molar-refractivity contribution in [3.05, 3.63) is 28.2 Å². The fraction of sp³-hybridized carbons (Fsp3) is 0.571. The normalized spacial score (nSPS) is 18.0. The van der Waals surface area contributed by atoms with Crippen LogP contribution in [-0.4, -0.2) is 38.1 Å². The van der Waals surface area contributed by atoms with Gasteiger partial charge < -0.3 is 15.5 Å². The maximum absolute atomic E-state index is 5.69. The Morgan fingerprint density at radius 1 is 1.39 bits per heavy atom.